The average Bonchev–Trinajstić information content (AvgIpc) is 2.35. The molecule has 0 unspecified atom stereocenters. The van der Waals surface area contributed by atoms with Gasteiger partial charge in [-0.15, -0.1) is 0 Å². The summed E-state index contributed by atoms with van der Waals surface area (Å²) in [5.74, 6) is -2.26. The fraction of sp³-hybridized carbons (Fsp3) is 0.273. The number of carbonyl (C=O) groups excluding carboxylic acids is 2. The van der Waals surface area contributed by atoms with Crippen molar-refractivity contribution in [1.82, 2.24) is 0 Å². The fourth-order valence-electron chi connectivity index (χ4n) is 1.46. The molecule has 1 rings (SSSR count). The van der Waals surface area contributed by atoms with Crippen LogP contribution in [0.1, 0.15) is 26.3 Å². The highest BCUT2D eigenvalue weighted by molar-refractivity contribution is 7.85. The van der Waals surface area contributed by atoms with Crippen LogP contribution in [0.2, 0.25) is 0 Å². The maximum atomic E-state index is 11.5. The molecule has 0 saturated carbocycles. The van der Waals surface area contributed by atoms with Crippen molar-refractivity contribution in [1.29, 1.82) is 0 Å². The normalized spacial score (nSPS) is 10.9. The Kier molecular flexibility index (Phi) is 4.62. The first-order valence-electron chi connectivity index (χ1n) is 5.03. The van der Waals surface area contributed by atoms with Crippen molar-refractivity contribution in [3.63, 3.8) is 0 Å². The van der Waals surface area contributed by atoms with E-state index in [9.17, 15) is 18.0 Å². The molecule has 0 spiro atoms. The van der Waals surface area contributed by atoms with Crippen molar-refractivity contribution in [2.75, 3.05) is 14.2 Å². The molecule has 0 atom stereocenters. The summed E-state index contributed by atoms with van der Waals surface area (Å²) in [4.78, 5) is 22.8. The lowest BCUT2D eigenvalue weighted by Crippen LogP contribution is -2.12. The Morgan fingerprint density at radius 3 is 2.21 bits per heavy atom. The molecule has 0 bridgehead atoms. The molecular weight excluding hydrogens is 276 g/mol. The predicted molar refractivity (Wildman–Crippen MR) is 64.4 cm³/mol. The lowest BCUT2D eigenvalue weighted by atomic mass is 10.1. The third kappa shape index (κ3) is 4.04. The van der Waals surface area contributed by atoms with Gasteiger partial charge in [-0.05, 0) is 23.8 Å². The van der Waals surface area contributed by atoms with Gasteiger partial charge in [0.15, 0.2) is 0 Å². The first-order chi connectivity index (χ1) is 8.78. The van der Waals surface area contributed by atoms with Gasteiger partial charge in [-0.1, -0.05) is 0 Å². The predicted octanol–water partition coefficient (Wildman–Crippen LogP) is 0.648. The molecule has 8 heteroatoms. The molecule has 0 aromatic heterocycles. The van der Waals surface area contributed by atoms with E-state index in [1.807, 2.05) is 0 Å². The second-order valence-corrected chi connectivity index (χ2v) is 5.03. The van der Waals surface area contributed by atoms with Crippen LogP contribution in [0, 0.1) is 0 Å². The monoisotopic (exact) mass is 288 g/mol. The van der Waals surface area contributed by atoms with E-state index in [-0.39, 0.29) is 16.7 Å². The lowest BCUT2D eigenvalue weighted by Gasteiger charge is -2.08. The van der Waals surface area contributed by atoms with Crippen molar-refractivity contribution in [3.8, 4) is 0 Å². The smallest absolute Gasteiger partial charge is 0.338 e. The highest BCUT2D eigenvalue weighted by atomic mass is 32.2. The molecule has 0 heterocycles. The number of carbonyl (C=O) groups is 2. The molecule has 104 valence electrons. The van der Waals surface area contributed by atoms with Crippen LogP contribution in [-0.4, -0.2) is 39.1 Å². The van der Waals surface area contributed by atoms with Crippen molar-refractivity contribution >= 4 is 22.1 Å². The van der Waals surface area contributed by atoms with Crippen LogP contribution >= 0.6 is 0 Å². The van der Waals surface area contributed by atoms with Crippen LogP contribution in [0.25, 0.3) is 0 Å². The van der Waals surface area contributed by atoms with Gasteiger partial charge in [0.1, 0.15) is 5.75 Å². The summed E-state index contributed by atoms with van der Waals surface area (Å²) in [5.41, 5.74) is -0.0289. The Bertz CT molecular complexity index is 603. The third-order valence-electron chi connectivity index (χ3n) is 2.27. The van der Waals surface area contributed by atoms with E-state index in [1.165, 1.54) is 19.2 Å². The summed E-state index contributed by atoms with van der Waals surface area (Å²) >= 11 is 0. The van der Waals surface area contributed by atoms with Crippen LogP contribution < -0.4 is 0 Å². The van der Waals surface area contributed by atoms with Gasteiger partial charge in [-0.3, -0.25) is 4.55 Å². The molecule has 1 N–H and O–H groups in total. The molecular formula is C11H12O7S. The van der Waals surface area contributed by atoms with E-state index in [0.717, 1.165) is 13.2 Å². The van der Waals surface area contributed by atoms with Crippen LogP contribution in [0.3, 0.4) is 0 Å². The van der Waals surface area contributed by atoms with Gasteiger partial charge in [0, 0.05) is 0 Å². The van der Waals surface area contributed by atoms with Crippen molar-refractivity contribution in [2.45, 2.75) is 5.75 Å². The van der Waals surface area contributed by atoms with Crippen molar-refractivity contribution in [2.24, 2.45) is 0 Å². The number of ether oxygens (including phenoxy) is 2. The molecule has 19 heavy (non-hydrogen) atoms. The second-order valence-electron chi connectivity index (χ2n) is 3.58. The topological polar surface area (TPSA) is 107 Å². The summed E-state index contributed by atoms with van der Waals surface area (Å²) in [7, 11) is -2.05. The minimum absolute atomic E-state index is 0.0442. The molecule has 0 amide bonds. The quantitative estimate of drug-likeness (QED) is 0.640. The van der Waals surface area contributed by atoms with E-state index < -0.39 is 27.8 Å². The van der Waals surface area contributed by atoms with Gasteiger partial charge < -0.3 is 9.47 Å². The number of hydrogen-bond donors (Lipinski definition) is 1. The molecule has 0 aliphatic heterocycles. The molecule has 0 saturated heterocycles. The van der Waals surface area contributed by atoms with Crippen molar-refractivity contribution in [3.05, 3.63) is 34.9 Å². The summed E-state index contributed by atoms with van der Waals surface area (Å²) in [6, 6.07) is 3.69. The second kappa shape index (κ2) is 5.81. The Hall–Kier alpha value is -1.93. The van der Waals surface area contributed by atoms with Crippen LogP contribution in [0.15, 0.2) is 18.2 Å². The third-order valence-corrected chi connectivity index (χ3v) is 2.95. The Labute approximate surface area is 109 Å². The number of methoxy groups -OCH3 is 2. The largest absolute Gasteiger partial charge is 0.465 e. The molecule has 0 aliphatic rings. The maximum absolute atomic E-state index is 11.5. The molecule has 1 aromatic rings. The standard InChI is InChI=1S/C11H12O7S/c1-17-10(12)7-3-4-9(11(13)18-2)8(5-7)6-19(14,15)16/h3-5H,6H2,1-2H3,(H,14,15,16). The van der Waals surface area contributed by atoms with Gasteiger partial charge >= 0.3 is 11.9 Å². The Balaban J connectivity index is 3.34. The van der Waals surface area contributed by atoms with Gasteiger partial charge in [0.05, 0.1) is 25.3 Å². The Morgan fingerprint density at radius 1 is 1.16 bits per heavy atom. The molecule has 0 radical (unpaired) electrons. The first kappa shape index (κ1) is 15.1. The summed E-state index contributed by atoms with van der Waals surface area (Å²) in [6.45, 7) is 0. The number of esters is 2. The van der Waals surface area contributed by atoms with Gasteiger partial charge in [0.2, 0.25) is 0 Å². The minimum Gasteiger partial charge on any atom is -0.465 e. The fourth-order valence-corrected chi connectivity index (χ4v) is 2.10. The van der Waals surface area contributed by atoms with Gasteiger partial charge in [-0.2, -0.15) is 8.42 Å². The summed E-state index contributed by atoms with van der Waals surface area (Å²) in [5, 5.41) is 0. The first-order valence-corrected chi connectivity index (χ1v) is 6.64. The van der Waals surface area contributed by atoms with Gasteiger partial charge in [-0.25, -0.2) is 9.59 Å². The lowest BCUT2D eigenvalue weighted by molar-refractivity contribution is 0.0586. The average molecular weight is 288 g/mol. The van der Waals surface area contributed by atoms with Crippen molar-refractivity contribution < 1.29 is 32.0 Å². The molecule has 7 nitrogen and oxygen atoms in total. The number of hydrogen-bond acceptors (Lipinski definition) is 6. The van der Waals surface area contributed by atoms with Crippen LogP contribution in [0.4, 0.5) is 0 Å². The number of rotatable bonds is 4. The zero-order valence-corrected chi connectivity index (χ0v) is 11.1. The summed E-state index contributed by atoms with van der Waals surface area (Å²) in [6.07, 6.45) is 0. The maximum Gasteiger partial charge on any atom is 0.338 e. The molecule has 0 fully saturated rings. The zero-order chi connectivity index (χ0) is 14.6. The van der Waals surface area contributed by atoms with E-state index in [1.54, 1.807) is 0 Å². The molecule has 0 aliphatic carbocycles. The van der Waals surface area contributed by atoms with E-state index in [0.29, 0.717) is 0 Å². The van der Waals surface area contributed by atoms with Crippen LogP contribution in [-0.2, 0) is 25.3 Å². The van der Waals surface area contributed by atoms with Gasteiger partial charge in [0.25, 0.3) is 10.1 Å². The number of benzene rings is 1. The zero-order valence-electron chi connectivity index (χ0n) is 10.2. The summed E-state index contributed by atoms with van der Waals surface area (Å²) < 4.78 is 39.6. The Morgan fingerprint density at radius 2 is 1.74 bits per heavy atom. The highest BCUT2D eigenvalue weighted by Gasteiger charge is 2.19. The van der Waals surface area contributed by atoms with Crippen LogP contribution in [0.5, 0.6) is 0 Å². The SMILES string of the molecule is COC(=O)c1ccc(C(=O)OC)c(CS(=O)(=O)O)c1. The van der Waals surface area contributed by atoms with E-state index in [4.69, 9.17) is 4.55 Å². The van der Waals surface area contributed by atoms with E-state index >= 15 is 0 Å². The minimum atomic E-state index is -4.35. The highest BCUT2D eigenvalue weighted by Crippen LogP contribution is 2.17. The molecule has 1 aromatic carbocycles. The van der Waals surface area contributed by atoms with E-state index in [2.05, 4.69) is 9.47 Å².